The lowest BCUT2D eigenvalue weighted by Gasteiger charge is -2.10. The summed E-state index contributed by atoms with van der Waals surface area (Å²) in [6, 6.07) is 8.90. The van der Waals surface area contributed by atoms with E-state index < -0.39 is 4.92 Å². The molecule has 0 saturated carbocycles. The molecule has 0 bridgehead atoms. The Bertz CT molecular complexity index is 1200. The topological polar surface area (TPSA) is 112 Å². The van der Waals surface area contributed by atoms with Gasteiger partial charge < -0.3 is 10.1 Å². The Morgan fingerprint density at radius 1 is 1.21 bits per heavy atom. The molecule has 3 rings (SSSR count). The van der Waals surface area contributed by atoms with Crippen molar-refractivity contribution in [2.24, 2.45) is 0 Å². The summed E-state index contributed by atoms with van der Waals surface area (Å²) >= 11 is 19.0. The number of amides is 1. The number of allylic oxidation sites excluding steroid dienone is 1. The van der Waals surface area contributed by atoms with E-state index >= 15 is 0 Å². The third-order valence-electron chi connectivity index (χ3n) is 4.11. The minimum atomic E-state index is -0.620. The van der Waals surface area contributed by atoms with Gasteiger partial charge in [0.25, 0.3) is 5.69 Å². The van der Waals surface area contributed by atoms with Crippen molar-refractivity contribution in [3.8, 4) is 5.75 Å². The van der Waals surface area contributed by atoms with E-state index in [-0.39, 0.29) is 34.7 Å². The molecule has 2 aromatic carbocycles. The van der Waals surface area contributed by atoms with E-state index in [1.54, 1.807) is 28.8 Å². The number of thioether (sulfide) groups is 1. The van der Waals surface area contributed by atoms with Crippen LogP contribution in [-0.2, 0) is 17.9 Å². The maximum Gasteiger partial charge on any atom is 0.289 e. The lowest BCUT2D eigenvalue weighted by Crippen LogP contribution is -2.15. The predicted molar refractivity (Wildman–Crippen MR) is 128 cm³/mol. The fourth-order valence-electron chi connectivity index (χ4n) is 2.63. The van der Waals surface area contributed by atoms with Gasteiger partial charge in [-0.25, -0.2) is 0 Å². The number of nitrogens with one attached hydrogen (secondary N) is 1. The molecule has 0 aliphatic rings. The maximum atomic E-state index is 12.3. The molecule has 0 radical (unpaired) electrons. The molecule has 0 aliphatic carbocycles. The predicted octanol–water partition coefficient (Wildman–Crippen LogP) is 5.64. The Balaban J connectivity index is 1.65. The Kier molecular flexibility index (Phi) is 8.56. The number of anilines is 1. The first kappa shape index (κ1) is 24.8. The molecule has 0 unspecified atom stereocenters. The smallest absolute Gasteiger partial charge is 0.289 e. The first-order valence-electron chi connectivity index (χ1n) is 9.26. The van der Waals surface area contributed by atoms with Crippen molar-refractivity contribution in [3.63, 3.8) is 0 Å². The van der Waals surface area contributed by atoms with Gasteiger partial charge in [-0.1, -0.05) is 52.6 Å². The van der Waals surface area contributed by atoms with Gasteiger partial charge in [0.15, 0.2) is 11.0 Å². The summed E-state index contributed by atoms with van der Waals surface area (Å²) in [4.78, 5) is 22.7. The summed E-state index contributed by atoms with van der Waals surface area (Å²) in [6.07, 6.45) is 1.66. The first-order chi connectivity index (χ1) is 15.8. The quantitative estimate of drug-likeness (QED) is 0.157. The second kappa shape index (κ2) is 11.4. The van der Waals surface area contributed by atoms with Crippen molar-refractivity contribution >= 4 is 63.8 Å². The summed E-state index contributed by atoms with van der Waals surface area (Å²) in [6.45, 7) is 4.19. The molecular weight excluding hydrogens is 513 g/mol. The molecular formula is C20H16Cl3N5O4S. The molecule has 3 aromatic rings. The van der Waals surface area contributed by atoms with Crippen LogP contribution in [0.1, 0.15) is 5.82 Å². The minimum absolute atomic E-state index is 0.00726. The number of ether oxygens (including phenoxy) is 1. The maximum absolute atomic E-state index is 12.3. The van der Waals surface area contributed by atoms with Crippen LogP contribution in [0.15, 0.2) is 54.2 Å². The number of nitro benzene ring substituents is 1. The second-order valence-electron chi connectivity index (χ2n) is 6.42. The number of rotatable bonds is 10. The Labute approximate surface area is 207 Å². The summed E-state index contributed by atoms with van der Waals surface area (Å²) in [5.74, 6) is 0.519. The van der Waals surface area contributed by atoms with Crippen LogP contribution in [0.25, 0.3) is 0 Å². The van der Waals surface area contributed by atoms with E-state index in [1.807, 2.05) is 0 Å². The number of benzene rings is 2. The molecule has 9 nitrogen and oxygen atoms in total. The van der Waals surface area contributed by atoms with E-state index in [9.17, 15) is 14.9 Å². The highest BCUT2D eigenvalue weighted by Crippen LogP contribution is 2.29. The summed E-state index contributed by atoms with van der Waals surface area (Å²) in [5, 5.41) is 23.2. The van der Waals surface area contributed by atoms with Crippen LogP contribution in [0.5, 0.6) is 5.75 Å². The third kappa shape index (κ3) is 6.61. The van der Waals surface area contributed by atoms with Gasteiger partial charge in [-0.2, -0.15) is 0 Å². The Morgan fingerprint density at radius 3 is 2.70 bits per heavy atom. The van der Waals surface area contributed by atoms with E-state index in [4.69, 9.17) is 39.5 Å². The Morgan fingerprint density at radius 2 is 1.97 bits per heavy atom. The van der Waals surface area contributed by atoms with Gasteiger partial charge in [0.2, 0.25) is 5.91 Å². The Hall–Kier alpha value is -2.79. The van der Waals surface area contributed by atoms with Gasteiger partial charge in [-0.05, 0) is 24.3 Å². The van der Waals surface area contributed by atoms with Crippen molar-refractivity contribution in [3.05, 3.63) is 80.1 Å². The summed E-state index contributed by atoms with van der Waals surface area (Å²) in [5.41, 5.74) is -0.0333. The number of hydrogen-bond donors (Lipinski definition) is 1. The van der Waals surface area contributed by atoms with Gasteiger partial charge in [0.05, 0.1) is 15.7 Å². The number of carbonyl (C=O) groups is 1. The van der Waals surface area contributed by atoms with Crippen LogP contribution >= 0.6 is 46.6 Å². The average molecular weight is 529 g/mol. The fourth-order valence-corrected chi connectivity index (χ4v) is 3.92. The van der Waals surface area contributed by atoms with Crippen LogP contribution in [0, 0.1) is 10.1 Å². The first-order valence-corrected chi connectivity index (χ1v) is 11.4. The summed E-state index contributed by atoms with van der Waals surface area (Å²) < 4.78 is 7.47. The van der Waals surface area contributed by atoms with Crippen LogP contribution < -0.4 is 10.1 Å². The second-order valence-corrected chi connectivity index (χ2v) is 8.61. The van der Waals surface area contributed by atoms with Crippen LogP contribution in [0.4, 0.5) is 11.4 Å². The van der Waals surface area contributed by atoms with Gasteiger partial charge in [-0.15, -0.1) is 16.8 Å². The minimum Gasteiger partial charge on any atom is -0.484 e. The van der Waals surface area contributed by atoms with E-state index in [0.717, 1.165) is 11.8 Å². The zero-order valence-corrected chi connectivity index (χ0v) is 19.9. The molecule has 1 aromatic heterocycles. The van der Waals surface area contributed by atoms with Crippen molar-refractivity contribution in [1.82, 2.24) is 14.8 Å². The van der Waals surface area contributed by atoms with Crippen molar-refractivity contribution in [2.75, 3.05) is 11.1 Å². The number of halogens is 3. The zero-order chi connectivity index (χ0) is 24.0. The molecule has 172 valence electrons. The zero-order valence-electron chi connectivity index (χ0n) is 16.8. The SMILES string of the molecule is C=CCn1c(COc2cc(Cl)ccc2Cl)nnc1SCC(=O)Nc1ccc(Cl)c([N+](=O)[O-])c1. The molecule has 0 aliphatic heterocycles. The standard InChI is InChI=1S/C20H16Cl3N5O4S/c1-2-7-27-18(10-32-17-8-12(21)3-5-15(17)23)25-26-20(27)33-11-19(29)24-13-4-6-14(22)16(9-13)28(30)31/h2-6,8-9H,1,7,10-11H2,(H,24,29). The highest BCUT2D eigenvalue weighted by atomic mass is 35.5. The third-order valence-corrected chi connectivity index (χ3v) is 5.95. The number of hydrogen-bond acceptors (Lipinski definition) is 7. The molecule has 1 N–H and O–H groups in total. The molecule has 0 saturated heterocycles. The van der Waals surface area contributed by atoms with Gasteiger partial charge in [0, 0.05) is 29.4 Å². The molecule has 1 heterocycles. The monoisotopic (exact) mass is 527 g/mol. The van der Waals surface area contributed by atoms with Crippen molar-refractivity contribution < 1.29 is 14.5 Å². The summed E-state index contributed by atoms with van der Waals surface area (Å²) in [7, 11) is 0. The normalized spacial score (nSPS) is 10.6. The highest BCUT2D eigenvalue weighted by Gasteiger charge is 2.17. The lowest BCUT2D eigenvalue weighted by atomic mass is 10.3. The largest absolute Gasteiger partial charge is 0.484 e. The van der Waals surface area contributed by atoms with Crippen molar-refractivity contribution in [1.29, 1.82) is 0 Å². The number of carbonyl (C=O) groups excluding carboxylic acids is 1. The molecule has 13 heteroatoms. The highest BCUT2D eigenvalue weighted by molar-refractivity contribution is 7.99. The van der Waals surface area contributed by atoms with Crippen LogP contribution in [-0.4, -0.2) is 31.3 Å². The van der Waals surface area contributed by atoms with Gasteiger partial charge in [-0.3, -0.25) is 19.5 Å². The number of nitrogens with zero attached hydrogens (tertiary/aromatic N) is 4. The van der Waals surface area contributed by atoms with E-state index in [2.05, 4.69) is 22.1 Å². The molecule has 0 fully saturated rings. The average Bonchev–Trinajstić information content (AvgIpc) is 3.16. The molecule has 0 atom stereocenters. The van der Waals surface area contributed by atoms with E-state index in [1.165, 1.54) is 18.2 Å². The molecule has 1 amide bonds. The van der Waals surface area contributed by atoms with Crippen LogP contribution in [0.3, 0.4) is 0 Å². The lowest BCUT2D eigenvalue weighted by molar-refractivity contribution is -0.384. The molecule has 0 spiro atoms. The molecule has 33 heavy (non-hydrogen) atoms. The van der Waals surface area contributed by atoms with Gasteiger partial charge in [0.1, 0.15) is 17.4 Å². The number of nitro groups is 1. The fraction of sp³-hybridized carbons (Fsp3) is 0.150. The van der Waals surface area contributed by atoms with Crippen LogP contribution in [0.2, 0.25) is 15.1 Å². The van der Waals surface area contributed by atoms with E-state index in [0.29, 0.717) is 33.3 Å². The van der Waals surface area contributed by atoms with Gasteiger partial charge >= 0.3 is 0 Å². The number of aromatic nitrogens is 3. The van der Waals surface area contributed by atoms with Crippen molar-refractivity contribution in [2.45, 2.75) is 18.3 Å².